The summed E-state index contributed by atoms with van der Waals surface area (Å²) < 4.78 is 31.0. The quantitative estimate of drug-likeness (QED) is 0.698. The lowest BCUT2D eigenvalue weighted by Crippen LogP contribution is -2.41. The minimum absolute atomic E-state index is 0.0298. The van der Waals surface area contributed by atoms with Gasteiger partial charge < -0.3 is 9.64 Å². The van der Waals surface area contributed by atoms with E-state index in [9.17, 15) is 18.0 Å². The number of hydrogen-bond donors (Lipinski definition) is 0. The normalized spacial score (nSPS) is 16.4. The first-order chi connectivity index (χ1) is 12.9. The Kier molecular flexibility index (Phi) is 6.95. The van der Waals surface area contributed by atoms with E-state index in [1.807, 2.05) is 27.7 Å². The van der Waals surface area contributed by atoms with Crippen LogP contribution in [-0.2, 0) is 27.7 Å². The molecule has 28 heavy (non-hydrogen) atoms. The van der Waals surface area contributed by atoms with Crippen LogP contribution >= 0.6 is 0 Å². The van der Waals surface area contributed by atoms with Gasteiger partial charge in [0.1, 0.15) is 21.3 Å². The van der Waals surface area contributed by atoms with Gasteiger partial charge in [0.15, 0.2) is 0 Å². The number of rotatable bonds is 6. The maximum absolute atomic E-state index is 12.6. The largest absolute Gasteiger partial charge is 0.444 e. The number of piperidine rings is 1. The first kappa shape index (κ1) is 22.4. The van der Waals surface area contributed by atoms with Crippen molar-refractivity contribution in [3.8, 4) is 0 Å². The lowest BCUT2D eigenvalue weighted by Gasteiger charge is -2.33. The van der Waals surface area contributed by atoms with E-state index < -0.39 is 15.4 Å². The molecule has 0 aliphatic carbocycles. The van der Waals surface area contributed by atoms with Crippen LogP contribution < -0.4 is 5.69 Å². The molecule has 0 unspecified atom stereocenters. The number of likely N-dealkylation sites (tertiary alicyclic amines) is 1. The van der Waals surface area contributed by atoms with Crippen LogP contribution in [0, 0.1) is 0 Å². The Bertz CT molecular complexity index is 842. The van der Waals surface area contributed by atoms with Gasteiger partial charge in [-0.15, -0.1) is 0 Å². The zero-order valence-corrected chi connectivity index (χ0v) is 18.3. The predicted molar refractivity (Wildman–Crippen MR) is 106 cm³/mol. The molecule has 10 heteroatoms. The second-order valence-electron chi connectivity index (χ2n) is 8.33. The summed E-state index contributed by atoms with van der Waals surface area (Å²) in [7, 11) is -3.06. The van der Waals surface area contributed by atoms with E-state index in [0.29, 0.717) is 38.9 Å². The average molecular weight is 417 g/mol. The summed E-state index contributed by atoms with van der Waals surface area (Å²) in [5.41, 5.74) is -0.734. The van der Waals surface area contributed by atoms with Gasteiger partial charge in [-0.3, -0.25) is 4.57 Å². The summed E-state index contributed by atoms with van der Waals surface area (Å²) in [6.07, 6.45) is 2.64. The third-order valence-electron chi connectivity index (χ3n) is 4.66. The maximum Gasteiger partial charge on any atom is 0.410 e. The van der Waals surface area contributed by atoms with Gasteiger partial charge in [-0.1, -0.05) is 0 Å². The standard InChI is InChI=1S/C18H32N4O5S/c1-6-21-15(19-22(16(21)23)10-7-13-28(5,25)26)14-8-11-20(12-9-14)17(24)27-18(2,3)4/h14H,6-13H2,1-5H3. The molecular weight excluding hydrogens is 384 g/mol. The molecule has 1 fully saturated rings. The number of nitrogens with zero attached hydrogens (tertiary/aromatic N) is 4. The number of ether oxygens (including phenoxy) is 1. The molecule has 160 valence electrons. The van der Waals surface area contributed by atoms with Crippen LogP contribution in [0.2, 0.25) is 0 Å². The number of sulfone groups is 1. The van der Waals surface area contributed by atoms with Crippen molar-refractivity contribution >= 4 is 15.9 Å². The van der Waals surface area contributed by atoms with Crippen molar-refractivity contribution in [3.05, 3.63) is 16.3 Å². The van der Waals surface area contributed by atoms with Crippen LogP contribution in [0.3, 0.4) is 0 Å². The number of aryl methyl sites for hydroxylation is 1. The second kappa shape index (κ2) is 8.67. The molecule has 0 bridgehead atoms. The van der Waals surface area contributed by atoms with Crippen LogP contribution in [0.4, 0.5) is 4.79 Å². The van der Waals surface area contributed by atoms with Crippen molar-refractivity contribution in [2.45, 2.75) is 71.6 Å². The fourth-order valence-electron chi connectivity index (χ4n) is 3.33. The van der Waals surface area contributed by atoms with E-state index >= 15 is 0 Å². The van der Waals surface area contributed by atoms with Gasteiger partial charge in [0.2, 0.25) is 0 Å². The molecule has 0 radical (unpaired) electrons. The van der Waals surface area contributed by atoms with Crippen LogP contribution in [0.15, 0.2) is 4.79 Å². The third-order valence-corrected chi connectivity index (χ3v) is 5.69. The molecule has 1 amide bonds. The summed E-state index contributed by atoms with van der Waals surface area (Å²) >= 11 is 0. The first-order valence-electron chi connectivity index (χ1n) is 9.74. The van der Waals surface area contributed by atoms with Crippen LogP contribution in [0.1, 0.15) is 58.7 Å². The van der Waals surface area contributed by atoms with Crippen molar-refractivity contribution in [3.63, 3.8) is 0 Å². The van der Waals surface area contributed by atoms with Crippen molar-refractivity contribution < 1.29 is 17.9 Å². The van der Waals surface area contributed by atoms with Crippen LogP contribution in [-0.4, -0.2) is 64.5 Å². The molecule has 9 nitrogen and oxygen atoms in total. The Morgan fingerprint density at radius 1 is 1.25 bits per heavy atom. The van der Waals surface area contributed by atoms with E-state index in [2.05, 4.69) is 5.10 Å². The molecule has 1 aromatic rings. The Hall–Kier alpha value is -1.84. The molecule has 1 aliphatic rings. The van der Waals surface area contributed by atoms with Crippen LogP contribution in [0.5, 0.6) is 0 Å². The smallest absolute Gasteiger partial charge is 0.410 e. The molecule has 1 aromatic heterocycles. The number of hydrogen-bond acceptors (Lipinski definition) is 6. The maximum atomic E-state index is 12.6. The molecular formula is C18H32N4O5S. The Morgan fingerprint density at radius 2 is 1.86 bits per heavy atom. The molecule has 1 saturated heterocycles. The minimum atomic E-state index is -3.06. The van der Waals surface area contributed by atoms with E-state index in [-0.39, 0.29) is 30.0 Å². The summed E-state index contributed by atoms with van der Waals surface area (Å²) in [6.45, 7) is 9.31. The van der Waals surface area contributed by atoms with Crippen molar-refractivity contribution in [1.82, 2.24) is 19.2 Å². The highest BCUT2D eigenvalue weighted by Crippen LogP contribution is 2.27. The Balaban J connectivity index is 2.05. The second-order valence-corrected chi connectivity index (χ2v) is 10.6. The van der Waals surface area contributed by atoms with Crippen molar-refractivity contribution in [2.24, 2.45) is 0 Å². The highest BCUT2D eigenvalue weighted by atomic mass is 32.2. The van der Waals surface area contributed by atoms with Gasteiger partial charge in [-0.2, -0.15) is 5.10 Å². The summed E-state index contributed by atoms with van der Waals surface area (Å²) in [5.74, 6) is 0.834. The van der Waals surface area contributed by atoms with E-state index in [0.717, 1.165) is 5.82 Å². The zero-order chi connectivity index (χ0) is 21.1. The average Bonchev–Trinajstić information content (AvgIpc) is 2.88. The fourth-order valence-corrected chi connectivity index (χ4v) is 3.98. The first-order valence-corrected chi connectivity index (χ1v) is 11.8. The predicted octanol–water partition coefficient (Wildman–Crippen LogP) is 1.61. The van der Waals surface area contributed by atoms with E-state index in [1.54, 1.807) is 9.47 Å². The van der Waals surface area contributed by atoms with Crippen molar-refractivity contribution in [2.75, 3.05) is 25.1 Å². The molecule has 2 heterocycles. The molecule has 0 saturated carbocycles. The molecule has 0 N–H and O–H groups in total. The number of carbonyl (C=O) groups excluding carboxylic acids is 1. The molecule has 0 atom stereocenters. The van der Waals surface area contributed by atoms with E-state index in [4.69, 9.17) is 4.74 Å². The van der Waals surface area contributed by atoms with E-state index in [1.165, 1.54) is 10.9 Å². The summed E-state index contributed by atoms with van der Waals surface area (Å²) in [5, 5.41) is 4.49. The highest BCUT2D eigenvalue weighted by Gasteiger charge is 2.30. The van der Waals surface area contributed by atoms with Gasteiger partial charge in [0.05, 0.1) is 5.75 Å². The number of carbonyl (C=O) groups is 1. The Morgan fingerprint density at radius 3 is 2.36 bits per heavy atom. The third kappa shape index (κ3) is 6.08. The lowest BCUT2D eigenvalue weighted by atomic mass is 9.96. The lowest BCUT2D eigenvalue weighted by molar-refractivity contribution is 0.0202. The topological polar surface area (TPSA) is 104 Å². The zero-order valence-electron chi connectivity index (χ0n) is 17.5. The van der Waals surface area contributed by atoms with Gasteiger partial charge in [-0.05, 0) is 47.0 Å². The highest BCUT2D eigenvalue weighted by molar-refractivity contribution is 7.90. The van der Waals surface area contributed by atoms with Crippen LogP contribution in [0.25, 0.3) is 0 Å². The number of aromatic nitrogens is 3. The molecule has 2 rings (SSSR count). The van der Waals surface area contributed by atoms with Gasteiger partial charge in [-0.25, -0.2) is 22.7 Å². The number of amides is 1. The minimum Gasteiger partial charge on any atom is -0.444 e. The van der Waals surface area contributed by atoms with Crippen molar-refractivity contribution in [1.29, 1.82) is 0 Å². The Labute approximate surface area is 166 Å². The monoisotopic (exact) mass is 416 g/mol. The summed E-state index contributed by atoms with van der Waals surface area (Å²) in [4.78, 5) is 26.5. The van der Waals surface area contributed by atoms with Gasteiger partial charge in [0.25, 0.3) is 0 Å². The SMILES string of the molecule is CCn1c(C2CCN(C(=O)OC(C)(C)C)CC2)nn(CCCS(C)(=O)=O)c1=O. The van der Waals surface area contributed by atoms with Gasteiger partial charge in [0, 0.05) is 38.4 Å². The molecule has 1 aliphatic heterocycles. The fraction of sp³-hybridized carbons (Fsp3) is 0.833. The summed E-state index contributed by atoms with van der Waals surface area (Å²) in [6, 6.07) is 0. The molecule has 0 aromatic carbocycles. The van der Waals surface area contributed by atoms with Gasteiger partial charge >= 0.3 is 11.8 Å². The molecule has 0 spiro atoms.